The van der Waals surface area contributed by atoms with Crippen LogP contribution in [0, 0.1) is 6.92 Å². The molecule has 0 amide bonds. The molecule has 0 aliphatic rings. The van der Waals surface area contributed by atoms with Crippen molar-refractivity contribution >= 4 is 38.6 Å². The molecule has 3 heterocycles. The Morgan fingerprint density at radius 3 is 3.06 bits per heavy atom. The van der Waals surface area contributed by atoms with E-state index in [0.717, 1.165) is 32.3 Å². The first-order chi connectivity index (χ1) is 7.70. The zero-order valence-electron chi connectivity index (χ0n) is 8.79. The van der Waals surface area contributed by atoms with Gasteiger partial charge in [0.05, 0.1) is 11.7 Å². The molecule has 16 heavy (non-hydrogen) atoms. The summed E-state index contributed by atoms with van der Waals surface area (Å²) < 4.78 is 2.99. The quantitative estimate of drug-likeness (QED) is 0.724. The van der Waals surface area contributed by atoms with Crippen molar-refractivity contribution in [1.82, 2.24) is 14.6 Å². The zero-order chi connectivity index (χ0) is 11.3. The van der Waals surface area contributed by atoms with Crippen LogP contribution >= 0.6 is 15.9 Å². The predicted octanol–water partition coefficient (Wildman–Crippen LogP) is 3.53. The van der Waals surface area contributed by atoms with Crippen LogP contribution in [-0.2, 0) is 0 Å². The second kappa shape index (κ2) is 3.22. The van der Waals surface area contributed by atoms with Crippen LogP contribution in [0.2, 0.25) is 0 Å². The normalized spacial score (nSPS) is 11.4. The van der Waals surface area contributed by atoms with Crippen molar-refractivity contribution in [3.05, 3.63) is 40.6 Å². The molecular weight excluding hydrogens is 266 g/mol. The second-order valence-corrected chi connectivity index (χ2v) is 4.66. The fourth-order valence-corrected chi connectivity index (χ4v) is 2.43. The van der Waals surface area contributed by atoms with Crippen molar-refractivity contribution in [2.24, 2.45) is 0 Å². The molecule has 0 aliphatic heterocycles. The number of nitrogens with zero attached hydrogens (tertiary/aromatic N) is 2. The first-order valence-corrected chi connectivity index (χ1v) is 5.78. The van der Waals surface area contributed by atoms with Crippen LogP contribution in [-0.4, -0.2) is 14.6 Å². The summed E-state index contributed by atoms with van der Waals surface area (Å²) in [5, 5.41) is 5.48. The number of aromatic amines is 1. The lowest BCUT2D eigenvalue weighted by atomic mass is 10.2. The lowest BCUT2D eigenvalue weighted by Crippen LogP contribution is -1.90. The number of rotatable bonds is 1. The Hall–Kier alpha value is -1.55. The molecule has 0 fully saturated rings. The van der Waals surface area contributed by atoms with Crippen LogP contribution in [0.5, 0.6) is 0 Å². The summed E-state index contributed by atoms with van der Waals surface area (Å²) in [5.74, 6) is 0. The molecule has 1 N–H and O–H groups in total. The third-order valence-electron chi connectivity index (χ3n) is 2.77. The van der Waals surface area contributed by atoms with Gasteiger partial charge in [-0.3, -0.25) is 0 Å². The average molecular weight is 276 g/mol. The van der Waals surface area contributed by atoms with Gasteiger partial charge in [-0.2, -0.15) is 5.10 Å². The molecule has 0 unspecified atom stereocenters. The number of H-pyrrole nitrogens is 1. The van der Waals surface area contributed by atoms with Crippen molar-refractivity contribution < 1.29 is 0 Å². The Kier molecular flexibility index (Phi) is 1.94. The Morgan fingerprint density at radius 2 is 2.31 bits per heavy atom. The summed E-state index contributed by atoms with van der Waals surface area (Å²) in [7, 11) is 0. The maximum Gasteiger partial charge on any atom is 0.141 e. The molecule has 3 aromatic rings. The number of aromatic nitrogens is 3. The number of fused-ring (bicyclic) bond motifs is 3. The van der Waals surface area contributed by atoms with E-state index in [9.17, 15) is 0 Å². The summed E-state index contributed by atoms with van der Waals surface area (Å²) in [5.41, 5.74) is 4.26. The summed E-state index contributed by atoms with van der Waals surface area (Å²) in [6, 6.07) is 4.15. The molecule has 3 rings (SSSR count). The molecule has 3 aromatic heterocycles. The standard InChI is InChI=1S/C12H10BrN3/c1-3-8-4-9-10(13)5-11-7(2)6-14-16(11)12(9)15-8/h3-6,15H,1H2,2H3. The highest BCUT2D eigenvalue weighted by atomic mass is 79.9. The van der Waals surface area contributed by atoms with Crippen LogP contribution in [0.1, 0.15) is 11.3 Å². The van der Waals surface area contributed by atoms with E-state index in [4.69, 9.17) is 0 Å². The molecule has 0 spiro atoms. The highest BCUT2D eigenvalue weighted by Crippen LogP contribution is 2.28. The van der Waals surface area contributed by atoms with Crippen molar-refractivity contribution in [2.75, 3.05) is 0 Å². The number of hydrogen-bond donors (Lipinski definition) is 1. The molecule has 3 nitrogen and oxygen atoms in total. The smallest absolute Gasteiger partial charge is 0.141 e. The number of aryl methyl sites for hydroxylation is 1. The number of halogens is 1. The second-order valence-electron chi connectivity index (χ2n) is 3.81. The molecule has 0 radical (unpaired) electrons. The van der Waals surface area contributed by atoms with Gasteiger partial charge in [0, 0.05) is 15.6 Å². The van der Waals surface area contributed by atoms with Gasteiger partial charge in [0.1, 0.15) is 5.65 Å². The number of pyridine rings is 1. The third kappa shape index (κ3) is 1.16. The van der Waals surface area contributed by atoms with Gasteiger partial charge < -0.3 is 4.98 Å². The van der Waals surface area contributed by atoms with Gasteiger partial charge in [-0.1, -0.05) is 6.58 Å². The van der Waals surface area contributed by atoms with E-state index >= 15 is 0 Å². The number of hydrogen-bond acceptors (Lipinski definition) is 1. The van der Waals surface area contributed by atoms with Gasteiger partial charge in [-0.25, -0.2) is 4.52 Å². The molecule has 0 bridgehead atoms. The van der Waals surface area contributed by atoms with Crippen LogP contribution in [0.25, 0.3) is 22.6 Å². The topological polar surface area (TPSA) is 33.1 Å². The molecule has 0 atom stereocenters. The molecule has 4 heteroatoms. The van der Waals surface area contributed by atoms with E-state index in [-0.39, 0.29) is 0 Å². The third-order valence-corrected chi connectivity index (χ3v) is 3.43. The summed E-state index contributed by atoms with van der Waals surface area (Å²) in [6.45, 7) is 5.82. The van der Waals surface area contributed by atoms with Crippen LogP contribution in [0.3, 0.4) is 0 Å². The van der Waals surface area contributed by atoms with E-state index < -0.39 is 0 Å². The molecule has 0 saturated carbocycles. The Bertz CT molecular complexity index is 706. The lowest BCUT2D eigenvalue weighted by Gasteiger charge is -1.99. The van der Waals surface area contributed by atoms with E-state index in [1.807, 2.05) is 10.7 Å². The van der Waals surface area contributed by atoms with E-state index in [1.54, 1.807) is 6.08 Å². The van der Waals surface area contributed by atoms with Gasteiger partial charge >= 0.3 is 0 Å². The van der Waals surface area contributed by atoms with Gasteiger partial charge in [-0.15, -0.1) is 0 Å². The minimum absolute atomic E-state index is 0.993. The van der Waals surface area contributed by atoms with Crippen LogP contribution in [0.15, 0.2) is 29.4 Å². The highest BCUT2D eigenvalue weighted by molar-refractivity contribution is 9.10. The molecule has 0 aliphatic carbocycles. The van der Waals surface area contributed by atoms with Crippen molar-refractivity contribution in [2.45, 2.75) is 6.92 Å². The lowest BCUT2D eigenvalue weighted by molar-refractivity contribution is 0.986. The van der Waals surface area contributed by atoms with Gasteiger partial charge in [-0.05, 0) is 46.6 Å². The monoisotopic (exact) mass is 275 g/mol. The molecule has 80 valence electrons. The Balaban J connectivity index is 2.57. The highest BCUT2D eigenvalue weighted by Gasteiger charge is 2.10. The fraction of sp³-hybridized carbons (Fsp3) is 0.0833. The van der Waals surface area contributed by atoms with Crippen LogP contribution in [0.4, 0.5) is 0 Å². The van der Waals surface area contributed by atoms with Crippen molar-refractivity contribution in [3.8, 4) is 0 Å². The van der Waals surface area contributed by atoms with E-state index in [0.29, 0.717) is 0 Å². The Morgan fingerprint density at radius 1 is 1.50 bits per heavy atom. The predicted molar refractivity (Wildman–Crippen MR) is 69.6 cm³/mol. The van der Waals surface area contributed by atoms with Gasteiger partial charge in [0.25, 0.3) is 0 Å². The summed E-state index contributed by atoms with van der Waals surface area (Å²) in [4.78, 5) is 3.29. The minimum Gasteiger partial charge on any atom is -0.340 e. The maximum atomic E-state index is 4.37. The van der Waals surface area contributed by atoms with E-state index in [1.165, 1.54) is 0 Å². The SMILES string of the molecule is C=Cc1cc2c(Br)cc3c(C)cnn3c2[nH]1. The fourth-order valence-electron chi connectivity index (χ4n) is 1.91. The van der Waals surface area contributed by atoms with Gasteiger partial charge in [0.15, 0.2) is 0 Å². The summed E-state index contributed by atoms with van der Waals surface area (Å²) in [6.07, 6.45) is 3.67. The average Bonchev–Trinajstić information content (AvgIpc) is 2.84. The minimum atomic E-state index is 0.993. The van der Waals surface area contributed by atoms with Crippen LogP contribution < -0.4 is 0 Å². The largest absolute Gasteiger partial charge is 0.340 e. The summed E-state index contributed by atoms with van der Waals surface area (Å²) >= 11 is 3.58. The van der Waals surface area contributed by atoms with E-state index in [2.05, 4.69) is 51.6 Å². The zero-order valence-corrected chi connectivity index (χ0v) is 10.4. The number of nitrogens with one attached hydrogen (secondary N) is 1. The Labute approximate surface area is 101 Å². The first kappa shape index (κ1) is 9.66. The van der Waals surface area contributed by atoms with Gasteiger partial charge in [0.2, 0.25) is 0 Å². The molecular formula is C12H10BrN3. The molecule has 0 saturated heterocycles. The first-order valence-electron chi connectivity index (χ1n) is 4.98. The van der Waals surface area contributed by atoms with Crippen molar-refractivity contribution in [1.29, 1.82) is 0 Å². The van der Waals surface area contributed by atoms with Crippen molar-refractivity contribution in [3.63, 3.8) is 0 Å². The molecule has 0 aromatic carbocycles. The maximum absolute atomic E-state index is 4.37.